The molecule has 0 aromatic carbocycles. The molecule has 0 aliphatic carbocycles. The molecular formula is C16H27NO6. The number of hydrogen-bond acceptors (Lipinski definition) is 6. The predicted octanol–water partition coefficient (Wildman–Crippen LogP) is 2.62. The van der Waals surface area contributed by atoms with Gasteiger partial charge in [0.1, 0.15) is 17.2 Å². The first-order chi connectivity index (χ1) is 10.3. The lowest BCUT2D eigenvalue weighted by atomic mass is 10.1. The van der Waals surface area contributed by atoms with Crippen molar-refractivity contribution in [2.45, 2.75) is 84.8 Å². The summed E-state index contributed by atoms with van der Waals surface area (Å²) in [6.07, 6.45) is -0.800. The SMILES string of the molecule is CC(=O)OC1CC[C@H](C(=O)OC(C)(C)C)N1C(=O)OC(C)(C)C. The molecule has 1 unspecified atom stereocenters. The van der Waals surface area contributed by atoms with Crippen LogP contribution in [0.5, 0.6) is 0 Å². The van der Waals surface area contributed by atoms with Crippen LogP contribution in [0.4, 0.5) is 4.79 Å². The van der Waals surface area contributed by atoms with Crippen molar-refractivity contribution in [1.29, 1.82) is 0 Å². The third kappa shape index (κ3) is 6.08. The van der Waals surface area contributed by atoms with E-state index < -0.39 is 41.5 Å². The van der Waals surface area contributed by atoms with Crippen LogP contribution in [0.2, 0.25) is 0 Å². The van der Waals surface area contributed by atoms with Crippen molar-refractivity contribution in [3.63, 3.8) is 0 Å². The molecule has 0 aromatic rings. The lowest BCUT2D eigenvalue weighted by Crippen LogP contribution is -2.49. The molecule has 1 fully saturated rings. The molecule has 1 aliphatic rings. The molecule has 0 spiro atoms. The summed E-state index contributed by atoms with van der Waals surface area (Å²) in [6, 6.07) is -0.826. The van der Waals surface area contributed by atoms with E-state index in [1.807, 2.05) is 0 Å². The molecule has 132 valence electrons. The molecule has 2 atom stereocenters. The van der Waals surface area contributed by atoms with Gasteiger partial charge < -0.3 is 14.2 Å². The van der Waals surface area contributed by atoms with Crippen LogP contribution in [0.1, 0.15) is 61.3 Å². The Morgan fingerprint density at radius 2 is 1.43 bits per heavy atom. The van der Waals surface area contributed by atoms with Gasteiger partial charge in [-0.25, -0.2) is 9.59 Å². The standard InChI is InChI=1S/C16H27NO6/c1-10(18)21-12-9-8-11(13(19)22-15(2,3)4)17(12)14(20)23-16(5,6)7/h11-12H,8-9H2,1-7H3/t11-,12?/m1/s1. The largest absolute Gasteiger partial charge is 0.458 e. The molecule has 0 N–H and O–H groups in total. The van der Waals surface area contributed by atoms with Crippen LogP contribution in [0, 0.1) is 0 Å². The summed E-state index contributed by atoms with van der Waals surface area (Å²) in [5.41, 5.74) is -1.39. The molecule has 1 heterocycles. The fraction of sp³-hybridized carbons (Fsp3) is 0.812. The summed E-state index contributed by atoms with van der Waals surface area (Å²) < 4.78 is 15.8. The molecular weight excluding hydrogens is 302 g/mol. The van der Waals surface area contributed by atoms with Crippen LogP contribution in [0.25, 0.3) is 0 Å². The second kappa shape index (κ2) is 6.76. The van der Waals surface area contributed by atoms with Gasteiger partial charge >= 0.3 is 18.0 Å². The van der Waals surface area contributed by atoms with E-state index in [2.05, 4.69) is 0 Å². The second-order valence-corrected chi connectivity index (χ2v) is 7.58. The lowest BCUT2D eigenvalue weighted by molar-refractivity contribution is -0.167. The quantitative estimate of drug-likeness (QED) is 0.572. The Morgan fingerprint density at radius 1 is 0.913 bits per heavy atom. The van der Waals surface area contributed by atoms with Crippen molar-refractivity contribution < 1.29 is 28.6 Å². The molecule has 0 saturated carbocycles. The van der Waals surface area contributed by atoms with E-state index in [0.29, 0.717) is 12.8 Å². The van der Waals surface area contributed by atoms with Gasteiger partial charge in [0.15, 0.2) is 6.23 Å². The lowest BCUT2D eigenvalue weighted by Gasteiger charge is -2.32. The highest BCUT2D eigenvalue weighted by Crippen LogP contribution is 2.29. The minimum atomic E-state index is -0.826. The van der Waals surface area contributed by atoms with Crippen LogP contribution >= 0.6 is 0 Å². The number of likely N-dealkylation sites (tertiary alicyclic amines) is 1. The number of carbonyl (C=O) groups excluding carboxylic acids is 3. The van der Waals surface area contributed by atoms with Gasteiger partial charge in [-0.1, -0.05) is 0 Å². The Kier molecular flexibility index (Phi) is 5.66. The number of nitrogens with zero attached hydrogens (tertiary/aromatic N) is 1. The van der Waals surface area contributed by atoms with Gasteiger partial charge in [0.05, 0.1) is 0 Å². The number of hydrogen-bond donors (Lipinski definition) is 0. The number of ether oxygens (including phenoxy) is 3. The average Bonchev–Trinajstić information content (AvgIpc) is 2.66. The van der Waals surface area contributed by atoms with Crippen LogP contribution in [0.3, 0.4) is 0 Å². The predicted molar refractivity (Wildman–Crippen MR) is 82.5 cm³/mol. The molecule has 7 nitrogen and oxygen atoms in total. The van der Waals surface area contributed by atoms with Crippen molar-refractivity contribution in [3.05, 3.63) is 0 Å². The second-order valence-electron chi connectivity index (χ2n) is 7.58. The normalized spacial score (nSPS) is 21.8. The number of amides is 1. The maximum atomic E-state index is 12.4. The molecule has 0 aromatic heterocycles. The Bertz CT molecular complexity index is 474. The summed E-state index contributed by atoms with van der Waals surface area (Å²) in [5.74, 6) is -1.05. The van der Waals surface area contributed by atoms with E-state index in [9.17, 15) is 14.4 Å². The number of carbonyl (C=O) groups is 3. The van der Waals surface area contributed by atoms with Gasteiger partial charge in [-0.05, 0) is 48.0 Å². The summed E-state index contributed by atoms with van der Waals surface area (Å²) in [4.78, 5) is 37.2. The summed E-state index contributed by atoms with van der Waals surface area (Å²) in [5, 5.41) is 0. The average molecular weight is 329 g/mol. The van der Waals surface area contributed by atoms with Gasteiger partial charge in [0.2, 0.25) is 0 Å². The van der Waals surface area contributed by atoms with Gasteiger partial charge in [-0.15, -0.1) is 0 Å². The molecule has 0 radical (unpaired) electrons. The molecule has 7 heteroatoms. The number of esters is 2. The van der Waals surface area contributed by atoms with Crippen molar-refractivity contribution in [1.82, 2.24) is 4.90 Å². The van der Waals surface area contributed by atoms with Crippen molar-refractivity contribution >= 4 is 18.0 Å². The van der Waals surface area contributed by atoms with Crippen LogP contribution < -0.4 is 0 Å². The van der Waals surface area contributed by atoms with Gasteiger partial charge in [0.25, 0.3) is 0 Å². The highest BCUT2D eigenvalue weighted by molar-refractivity contribution is 5.83. The number of rotatable bonds is 2. The fourth-order valence-corrected chi connectivity index (χ4v) is 2.25. The van der Waals surface area contributed by atoms with Gasteiger partial charge in [-0.3, -0.25) is 9.69 Å². The van der Waals surface area contributed by atoms with E-state index >= 15 is 0 Å². The Balaban J connectivity index is 2.97. The Morgan fingerprint density at radius 3 is 1.87 bits per heavy atom. The van der Waals surface area contributed by atoms with Crippen LogP contribution in [0.15, 0.2) is 0 Å². The topological polar surface area (TPSA) is 82.1 Å². The van der Waals surface area contributed by atoms with E-state index in [4.69, 9.17) is 14.2 Å². The highest BCUT2D eigenvalue weighted by atomic mass is 16.6. The summed E-state index contributed by atoms with van der Waals surface area (Å²) in [6.45, 7) is 11.7. The van der Waals surface area contributed by atoms with E-state index in [0.717, 1.165) is 0 Å². The molecule has 23 heavy (non-hydrogen) atoms. The smallest absolute Gasteiger partial charge is 0.413 e. The molecule has 1 rings (SSSR count). The summed E-state index contributed by atoms with van der Waals surface area (Å²) in [7, 11) is 0. The third-order valence-corrected chi connectivity index (χ3v) is 2.92. The zero-order chi connectivity index (χ0) is 18.0. The van der Waals surface area contributed by atoms with Crippen molar-refractivity contribution in [2.75, 3.05) is 0 Å². The van der Waals surface area contributed by atoms with E-state index in [-0.39, 0.29) is 0 Å². The Labute approximate surface area is 137 Å². The first kappa shape index (κ1) is 19.3. The van der Waals surface area contributed by atoms with Gasteiger partial charge in [-0.2, -0.15) is 0 Å². The zero-order valence-electron chi connectivity index (χ0n) is 15.0. The van der Waals surface area contributed by atoms with Crippen molar-refractivity contribution in [2.24, 2.45) is 0 Å². The van der Waals surface area contributed by atoms with Crippen molar-refractivity contribution in [3.8, 4) is 0 Å². The first-order valence-electron chi connectivity index (χ1n) is 7.71. The molecule has 1 amide bonds. The molecule has 1 aliphatic heterocycles. The van der Waals surface area contributed by atoms with E-state index in [1.165, 1.54) is 11.8 Å². The highest BCUT2D eigenvalue weighted by Gasteiger charge is 2.46. The van der Waals surface area contributed by atoms with Gasteiger partial charge in [0, 0.05) is 13.3 Å². The Hall–Kier alpha value is -1.79. The molecule has 0 bridgehead atoms. The summed E-state index contributed by atoms with van der Waals surface area (Å²) >= 11 is 0. The minimum absolute atomic E-state index is 0.353. The van der Waals surface area contributed by atoms with Crippen LogP contribution in [-0.4, -0.2) is 46.4 Å². The zero-order valence-corrected chi connectivity index (χ0v) is 15.0. The maximum Gasteiger partial charge on any atom is 0.413 e. The van der Waals surface area contributed by atoms with E-state index in [1.54, 1.807) is 41.5 Å². The van der Waals surface area contributed by atoms with Crippen LogP contribution in [-0.2, 0) is 23.8 Å². The third-order valence-electron chi connectivity index (χ3n) is 2.92. The fourth-order valence-electron chi connectivity index (χ4n) is 2.25. The minimum Gasteiger partial charge on any atom is -0.458 e. The monoisotopic (exact) mass is 329 g/mol. The first-order valence-corrected chi connectivity index (χ1v) is 7.71. The maximum absolute atomic E-state index is 12.4. The molecule has 1 saturated heterocycles.